The SMILES string of the molecule is C=CC1=C(C)c2cc3[nH]c(cc4nc(cc5[nH]c(cc1n2)c(C)c5C=C)C(C)=C4CCC(=O)O)c(CCC(=O)NC(C)N1C(=O)C=CC1=O)c3C. The number of carbonyl (C=O) groups excluding carboxylic acids is 3. The van der Waals surface area contributed by atoms with E-state index in [2.05, 4.69) is 28.4 Å². The van der Waals surface area contributed by atoms with Gasteiger partial charge in [0.05, 0.1) is 22.8 Å². The van der Waals surface area contributed by atoms with Crippen LogP contribution >= 0.6 is 0 Å². The Morgan fingerprint density at radius 1 is 0.804 bits per heavy atom. The summed E-state index contributed by atoms with van der Waals surface area (Å²) in [5.41, 5.74) is 13.4. The third kappa shape index (κ3) is 6.50. The van der Waals surface area contributed by atoms with E-state index in [1.54, 1.807) is 13.0 Å². The van der Waals surface area contributed by atoms with Crippen LogP contribution in [0.1, 0.15) is 85.1 Å². The number of allylic oxidation sites excluding steroid dienone is 5. The molecule has 3 aromatic rings. The number of hydrogen-bond donors (Lipinski definition) is 4. The fourth-order valence-electron chi connectivity index (χ4n) is 6.94. The molecule has 4 N–H and O–H groups in total. The molecule has 0 saturated carbocycles. The van der Waals surface area contributed by atoms with Crippen molar-refractivity contribution in [1.29, 1.82) is 0 Å². The van der Waals surface area contributed by atoms with E-state index in [1.165, 1.54) is 12.2 Å². The summed E-state index contributed by atoms with van der Waals surface area (Å²) in [6.45, 7) is 17.7. The lowest BCUT2D eigenvalue weighted by atomic mass is 10.00. The fourth-order valence-corrected chi connectivity index (χ4v) is 6.94. The highest BCUT2D eigenvalue weighted by molar-refractivity contribution is 6.13. The zero-order valence-corrected chi connectivity index (χ0v) is 29.4. The van der Waals surface area contributed by atoms with E-state index in [4.69, 9.17) is 9.97 Å². The Kier molecular flexibility index (Phi) is 9.31. The number of aryl methyl sites for hydroxylation is 3. The normalized spacial score (nSPS) is 14.8. The van der Waals surface area contributed by atoms with Crippen molar-refractivity contribution >= 4 is 74.1 Å². The molecule has 0 fully saturated rings. The fraction of sp³-hybridized carbons (Fsp3) is 0.250. The van der Waals surface area contributed by atoms with E-state index < -0.39 is 23.9 Å². The van der Waals surface area contributed by atoms with Gasteiger partial charge >= 0.3 is 5.97 Å². The van der Waals surface area contributed by atoms with Crippen LogP contribution in [0, 0.1) is 13.8 Å². The van der Waals surface area contributed by atoms with Gasteiger partial charge in [0.15, 0.2) is 0 Å². The van der Waals surface area contributed by atoms with E-state index in [0.29, 0.717) is 17.8 Å². The Hall–Kier alpha value is -6.10. The maximum absolute atomic E-state index is 13.2. The smallest absolute Gasteiger partial charge is 0.303 e. The first kappa shape index (κ1) is 34.8. The number of hydrogen-bond acceptors (Lipinski definition) is 6. The van der Waals surface area contributed by atoms with E-state index in [0.717, 1.165) is 82.9 Å². The van der Waals surface area contributed by atoms with Gasteiger partial charge in [-0.1, -0.05) is 25.3 Å². The lowest BCUT2D eigenvalue weighted by molar-refractivity contribution is -0.141. The van der Waals surface area contributed by atoms with Gasteiger partial charge in [0.2, 0.25) is 5.91 Å². The maximum Gasteiger partial charge on any atom is 0.303 e. The maximum atomic E-state index is 13.2. The summed E-state index contributed by atoms with van der Waals surface area (Å²) in [7, 11) is 0. The predicted octanol–water partition coefficient (Wildman–Crippen LogP) is 6.81. The molecule has 8 bridgehead atoms. The Balaban J connectivity index is 1.55. The molecule has 3 aliphatic heterocycles. The highest BCUT2D eigenvalue weighted by Gasteiger charge is 2.29. The molecule has 6 rings (SSSR count). The molecule has 51 heavy (non-hydrogen) atoms. The third-order valence-electron chi connectivity index (χ3n) is 9.83. The third-order valence-corrected chi connectivity index (χ3v) is 9.83. The molecule has 0 aromatic carbocycles. The van der Waals surface area contributed by atoms with Crippen molar-refractivity contribution in [2.45, 2.75) is 66.5 Å². The summed E-state index contributed by atoms with van der Waals surface area (Å²) in [6.07, 6.45) is 5.81. The topological polar surface area (TPSA) is 161 Å². The largest absolute Gasteiger partial charge is 0.481 e. The van der Waals surface area contributed by atoms with Crippen molar-refractivity contribution < 1.29 is 24.3 Å². The molecule has 11 nitrogen and oxygen atoms in total. The van der Waals surface area contributed by atoms with Crippen molar-refractivity contribution in [3.05, 3.63) is 101 Å². The second-order valence-corrected chi connectivity index (χ2v) is 13.0. The number of aromatic amines is 2. The minimum atomic E-state index is -0.906. The quantitative estimate of drug-likeness (QED) is 0.171. The van der Waals surface area contributed by atoms with Crippen molar-refractivity contribution in [3.63, 3.8) is 0 Å². The van der Waals surface area contributed by atoms with Crippen molar-refractivity contribution in [1.82, 2.24) is 30.2 Å². The summed E-state index contributed by atoms with van der Waals surface area (Å²) in [5.74, 6) is -2.18. The molecule has 260 valence electrons. The van der Waals surface area contributed by atoms with Gasteiger partial charge in [-0.15, -0.1) is 0 Å². The number of carboxylic acids is 1. The zero-order chi connectivity index (χ0) is 36.7. The minimum Gasteiger partial charge on any atom is -0.481 e. The molecule has 11 heteroatoms. The Morgan fingerprint density at radius 2 is 1.39 bits per heavy atom. The van der Waals surface area contributed by atoms with Gasteiger partial charge in [0.1, 0.15) is 6.17 Å². The molecular formula is C40H40N6O5. The minimum absolute atomic E-state index is 0.0628. The van der Waals surface area contributed by atoms with E-state index in [-0.39, 0.29) is 25.2 Å². The number of fused-ring (bicyclic) bond motifs is 8. The van der Waals surface area contributed by atoms with Crippen LogP contribution in [0.5, 0.6) is 0 Å². The number of aliphatic carboxylic acids is 1. The van der Waals surface area contributed by atoms with Crippen LogP contribution in [0.4, 0.5) is 0 Å². The highest BCUT2D eigenvalue weighted by atomic mass is 16.4. The van der Waals surface area contributed by atoms with Gasteiger partial charge in [-0.3, -0.25) is 24.1 Å². The molecule has 0 radical (unpaired) electrons. The lowest BCUT2D eigenvalue weighted by Gasteiger charge is -2.23. The van der Waals surface area contributed by atoms with Crippen molar-refractivity contribution in [3.8, 4) is 0 Å². The predicted molar refractivity (Wildman–Crippen MR) is 200 cm³/mol. The molecule has 0 aliphatic carbocycles. The van der Waals surface area contributed by atoms with E-state index in [9.17, 15) is 24.3 Å². The molecular weight excluding hydrogens is 644 g/mol. The average molecular weight is 685 g/mol. The number of nitrogens with one attached hydrogen (secondary N) is 3. The zero-order valence-electron chi connectivity index (χ0n) is 29.4. The number of carboxylic acid groups (broad SMARTS) is 1. The number of nitrogens with zero attached hydrogens (tertiary/aromatic N) is 3. The molecule has 6 heterocycles. The average Bonchev–Trinajstić information content (AvgIpc) is 3.82. The van der Waals surface area contributed by atoms with Crippen LogP contribution in [0.25, 0.3) is 50.4 Å². The van der Waals surface area contributed by atoms with Gasteiger partial charge in [-0.2, -0.15) is 0 Å². The first-order valence-corrected chi connectivity index (χ1v) is 16.8. The Morgan fingerprint density at radius 3 is 2.06 bits per heavy atom. The second kappa shape index (κ2) is 13.7. The van der Waals surface area contributed by atoms with Crippen LogP contribution < -0.4 is 5.32 Å². The first-order chi connectivity index (χ1) is 24.3. The first-order valence-electron chi connectivity index (χ1n) is 16.8. The van der Waals surface area contributed by atoms with Crippen LogP contribution in [0.15, 0.2) is 55.7 Å². The van der Waals surface area contributed by atoms with Crippen LogP contribution in [-0.2, 0) is 25.6 Å². The van der Waals surface area contributed by atoms with Gasteiger partial charge in [-0.25, -0.2) is 9.97 Å². The standard InChI is InChI=1S/C40H40N6O5/c1-8-25-20(3)29-16-30-22(5)27(10-12-37(47)41-24(7)46-38(48)13-14-39(46)49)35(44-30)19-36-28(11-15-40(50)51)23(6)32(45-36)18-34-26(9-2)21(4)31(43-34)17-33(25)42-29/h8-9,13-14,16-19,24,43-44H,1-2,10-12,15H2,3-7H3,(H,41,47)(H,50,51). The van der Waals surface area contributed by atoms with Crippen molar-refractivity contribution in [2.75, 3.05) is 0 Å². The van der Waals surface area contributed by atoms with E-state index >= 15 is 0 Å². The van der Waals surface area contributed by atoms with E-state index in [1.807, 2.05) is 58.0 Å². The molecule has 3 aliphatic rings. The Labute approximate surface area is 295 Å². The number of rotatable bonds is 10. The number of imide groups is 1. The highest BCUT2D eigenvalue weighted by Crippen LogP contribution is 2.36. The van der Waals surface area contributed by atoms with Gasteiger partial charge < -0.3 is 20.4 Å². The van der Waals surface area contributed by atoms with Gasteiger partial charge in [-0.05, 0) is 105 Å². The molecule has 0 saturated heterocycles. The number of carbonyl (C=O) groups is 4. The summed E-state index contributed by atoms with van der Waals surface area (Å²) < 4.78 is 0. The van der Waals surface area contributed by atoms with Gasteiger partial charge in [0.25, 0.3) is 11.8 Å². The summed E-state index contributed by atoms with van der Waals surface area (Å²) in [6, 6.07) is 7.87. The summed E-state index contributed by atoms with van der Waals surface area (Å²) in [4.78, 5) is 67.3. The summed E-state index contributed by atoms with van der Waals surface area (Å²) >= 11 is 0. The number of H-pyrrole nitrogens is 2. The molecule has 0 spiro atoms. The number of amides is 3. The van der Waals surface area contributed by atoms with Crippen LogP contribution in [-0.4, -0.2) is 59.8 Å². The Bertz CT molecular complexity index is 2320. The lowest BCUT2D eigenvalue weighted by Crippen LogP contribution is -2.49. The molecule has 1 atom stereocenters. The second-order valence-electron chi connectivity index (χ2n) is 13.0. The molecule has 3 amide bonds. The van der Waals surface area contributed by atoms with Crippen molar-refractivity contribution in [2.24, 2.45) is 0 Å². The number of aromatic nitrogens is 4. The molecule has 1 unspecified atom stereocenters. The van der Waals surface area contributed by atoms with Crippen LogP contribution in [0.3, 0.4) is 0 Å². The summed E-state index contributed by atoms with van der Waals surface area (Å²) in [5, 5.41) is 12.4. The monoisotopic (exact) mass is 684 g/mol. The van der Waals surface area contributed by atoms with Gasteiger partial charge in [0, 0.05) is 58.2 Å². The molecule has 3 aromatic heterocycles. The van der Waals surface area contributed by atoms with Crippen LogP contribution in [0.2, 0.25) is 0 Å².